The highest BCUT2D eigenvalue weighted by Gasteiger charge is 2.47. The van der Waals surface area contributed by atoms with E-state index in [1.807, 2.05) is 20.8 Å². The summed E-state index contributed by atoms with van der Waals surface area (Å²) in [6.07, 6.45) is 3.27. The summed E-state index contributed by atoms with van der Waals surface area (Å²) in [5.41, 5.74) is 5.41. The van der Waals surface area contributed by atoms with Gasteiger partial charge in [0.25, 0.3) is 0 Å². The van der Waals surface area contributed by atoms with Crippen LogP contribution in [0.4, 0.5) is 5.69 Å². The first kappa shape index (κ1) is 23.5. The van der Waals surface area contributed by atoms with Gasteiger partial charge in [0.1, 0.15) is 0 Å². The second-order valence-electron chi connectivity index (χ2n) is 7.65. The molecule has 0 radical (unpaired) electrons. The Labute approximate surface area is 167 Å². The van der Waals surface area contributed by atoms with Crippen LogP contribution in [0.2, 0.25) is 0 Å². The van der Waals surface area contributed by atoms with Crippen molar-refractivity contribution >= 4 is 11.6 Å². The Hall–Kier alpha value is -1.51. The van der Waals surface area contributed by atoms with E-state index < -0.39 is 0 Å². The molecule has 0 saturated carbocycles. The first-order chi connectivity index (χ1) is 12.9. The molecule has 1 aromatic carbocycles. The summed E-state index contributed by atoms with van der Waals surface area (Å²) in [5, 5.41) is 3.00. The van der Waals surface area contributed by atoms with E-state index in [0.717, 1.165) is 19.3 Å². The summed E-state index contributed by atoms with van der Waals surface area (Å²) >= 11 is 0. The van der Waals surface area contributed by atoms with E-state index in [0.29, 0.717) is 24.9 Å². The lowest BCUT2D eigenvalue weighted by Crippen LogP contribution is -2.59. The van der Waals surface area contributed by atoms with Crippen molar-refractivity contribution in [2.45, 2.75) is 93.0 Å². The molecule has 0 saturated heterocycles. The molecule has 27 heavy (non-hydrogen) atoms. The molecule has 154 valence electrons. The molecule has 1 aliphatic heterocycles. The molecule has 3 nitrogen and oxygen atoms in total. The lowest BCUT2D eigenvalue weighted by atomic mass is 9.65. The van der Waals surface area contributed by atoms with Gasteiger partial charge in [0.15, 0.2) is 0 Å². The Morgan fingerprint density at radius 3 is 2.11 bits per heavy atom. The number of aryl methyl sites for hydroxylation is 2. The molecular weight excluding hydrogens is 332 g/mol. The Morgan fingerprint density at radius 2 is 1.63 bits per heavy atom. The van der Waals surface area contributed by atoms with Gasteiger partial charge in [0.05, 0.1) is 6.54 Å². The van der Waals surface area contributed by atoms with Crippen molar-refractivity contribution in [3.8, 4) is 0 Å². The Bertz CT molecular complexity index is 619. The topological polar surface area (TPSA) is 32.3 Å². The summed E-state index contributed by atoms with van der Waals surface area (Å²) < 4.78 is 0. The van der Waals surface area contributed by atoms with Crippen molar-refractivity contribution in [2.24, 2.45) is 5.92 Å². The third-order valence-corrected chi connectivity index (χ3v) is 6.66. The minimum atomic E-state index is 0.0421. The first-order valence-electron chi connectivity index (χ1n) is 11.0. The number of hydrogen-bond donors (Lipinski definition) is 1. The summed E-state index contributed by atoms with van der Waals surface area (Å²) in [6.45, 7) is 20.8. The lowest BCUT2D eigenvalue weighted by molar-refractivity contribution is -0.120. The van der Waals surface area contributed by atoms with Crippen molar-refractivity contribution in [2.75, 3.05) is 18.0 Å². The Balaban J connectivity index is 0.00000176. The van der Waals surface area contributed by atoms with Crippen molar-refractivity contribution in [3.63, 3.8) is 0 Å². The maximum atomic E-state index is 12.5. The van der Waals surface area contributed by atoms with E-state index >= 15 is 0 Å². The quantitative estimate of drug-likeness (QED) is 0.665. The van der Waals surface area contributed by atoms with Crippen molar-refractivity contribution < 1.29 is 4.79 Å². The van der Waals surface area contributed by atoms with Gasteiger partial charge in [0.2, 0.25) is 5.91 Å². The number of benzene rings is 1. The highest BCUT2D eigenvalue weighted by atomic mass is 16.2. The molecule has 0 bridgehead atoms. The van der Waals surface area contributed by atoms with Crippen LogP contribution in [0.25, 0.3) is 0 Å². The van der Waals surface area contributed by atoms with E-state index in [2.05, 4.69) is 63.9 Å². The van der Waals surface area contributed by atoms with Crippen LogP contribution >= 0.6 is 0 Å². The number of carbonyl (C=O) groups excluding carboxylic acids is 1. The molecule has 2 atom stereocenters. The third-order valence-electron chi connectivity index (χ3n) is 6.66. The zero-order valence-electron chi connectivity index (χ0n) is 19.2. The number of nitrogens with one attached hydrogen (secondary N) is 1. The lowest BCUT2D eigenvalue weighted by Gasteiger charge is -2.55. The molecular formula is C24H42N2O. The molecule has 0 aliphatic carbocycles. The molecule has 1 amide bonds. The van der Waals surface area contributed by atoms with Crippen LogP contribution in [-0.4, -0.2) is 24.5 Å². The van der Waals surface area contributed by atoms with Crippen molar-refractivity contribution in [1.82, 2.24) is 5.32 Å². The molecule has 3 heteroatoms. The summed E-state index contributed by atoms with van der Waals surface area (Å²) in [6, 6.07) is 4.69. The fraction of sp³-hybridized carbons (Fsp3) is 0.708. The molecule has 2 rings (SSSR count). The molecule has 2 unspecified atom stereocenters. The minimum absolute atomic E-state index is 0.0421. The Morgan fingerprint density at radius 1 is 1.07 bits per heavy atom. The summed E-state index contributed by atoms with van der Waals surface area (Å²) in [7, 11) is 0. The molecule has 0 fully saturated rings. The molecule has 1 aromatic rings. The molecule has 1 aliphatic rings. The predicted octanol–water partition coefficient (Wildman–Crippen LogP) is 5.97. The average molecular weight is 375 g/mol. The van der Waals surface area contributed by atoms with Crippen LogP contribution in [-0.2, 0) is 4.79 Å². The number of nitrogens with zero attached hydrogens (tertiary/aromatic N) is 1. The van der Waals surface area contributed by atoms with Gasteiger partial charge in [-0.05, 0) is 74.6 Å². The zero-order chi connectivity index (χ0) is 20.8. The van der Waals surface area contributed by atoms with Gasteiger partial charge < -0.3 is 10.2 Å². The van der Waals surface area contributed by atoms with Crippen LogP contribution < -0.4 is 10.2 Å². The van der Waals surface area contributed by atoms with Crippen molar-refractivity contribution in [3.05, 3.63) is 28.8 Å². The van der Waals surface area contributed by atoms with E-state index in [4.69, 9.17) is 0 Å². The van der Waals surface area contributed by atoms with Crippen LogP contribution in [0.5, 0.6) is 0 Å². The number of anilines is 1. The SMILES string of the molecule is CC.CCNC(=O)CN1c2cc(C)c(C)cc2C(CC)C(C)C1(CC)CC. The second-order valence-corrected chi connectivity index (χ2v) is 7.65. The fourth-order valence-corrected chi connectivity index (χ4v) is 4.97. The summed E-state index contributed by atoms with van der Waals surface area (Å²) in [4.78, 5) is 14.9. The van der Waals surface area contributed by atoms with Gasteiger partial charge in [-0.1, -0.05) is 47.6 Å². The van der Waals surface area contributed by atoms with E-state index in [9.17, 15) is 4.79 Å². The first-order valence-corrected chi connectivity index (χ1v) is 11.0. The van der Waals surface area contributed by atoms with Gasteiger partial charge in [-0.3, -0.25) is 4.79 Å². The molecule has 1 heterocycles. The van der Waals surface area contributed by atoms with Crippen LogP contribution in [0.3, 0.4) is 0 Å². The van der Waals surface area contributed by atoms with Gasteiger partial charge >= 0.3 is 0 Å². The monoisotopic (exact) mass is 374 g/mol. The van der Waals surface area contributed by atoms with Crippen molar-refractivity contribution in [1.29, 1.82) is 0 Å². The predicted molar refractivity (Wildman–Crippen MR) is 119 cm³/mol. The van der Waals surface area contributed by atoms with E-state index in [1.165, 1.54) is 22.4 Å². The molecule has 0 spiro atoms. The number of amides is 1. The van der Waals surface area contributed by atoms with Crippen LogP contribution in [0.15, 0.2) is 12.1 Å². The highest BCUT2D eigenvalue weighted by Crippen LogP contribution is 2.51. The van der Waals surface area contributed by atoms with Gasteiger partial charge in [-0.15, -0.1) is 0 Å². The Kier molecular flexibility index (Phi) is 8.84. The number of rotatable bonds is 6. The van der Waals surface area contributed by atoms with Crippen LogP contribution in [0, 0.1) is 19.8 Å². The molecule has 1 N–H and O–H groups in total. The maximum Gasteiger partial charge on any atom is 0.239 e. The van der Waals surface area contributed by atoms with Gasteiger partial charge in [-0.25, -0.2) is 0 Å². The minimum Gasteiger partial charge on any atom is -0.356 e. The maximum absolute atomic E-state index is 12.5. The number of fused-ring (bicyclic) bond motifs is 1. The highest BCUT2D eigenvalue weighted by molar-refractivity contribution is 5.83. The third kappa shape index (κ3) is 4.33. The standard InChI is InChI=1S/C22H36N2O.C2H6/c1-8-18-17(7)22(9-2,10-3)24(14-21(25)23-11-4)20-13-16(6)15(5)12-19(18)20;1-2/h12-13,17-18H,8-11,14H2,1-7H3,(H,23,25);1-2H3. The number of likely N-dealkylation sites (N-methyl/N-ethyl adjacent to an activating group) is 1. The van der Waals surface area contributed by atoms with Gasteiger partial charge in [-0.2, -0.15) is 0 Å². The fourth-order valence-electron chi connectivity index (χ4n) is 4.97. The second kappa shape index (κ2) is 10.1. The smallest absolute Gasteiger partial charge is 0.239 e. The molecule has 0 aromatic heterocycles. The van der Waals surface area contributed by atoms with Gasteiger partial charge in [0, 0.05) is 17.8 Å². The largest absolute Gasteiger partial charge is 0.356 e. The normalized spacial score (nSPS) is 20.4. The average Bonchev–Trinajstić information content (AvgIpc) is 2.66. The number of hydrogen-bond acceptors (Lipinski definition) is 2. The van der Waals surface area contributed by atoms with E-state index in [-0.39, 0.29) is 11.4 Å². The zero-order valence-corrected chi connectivity index (χ0v) is 19.2. The number of carbonyl (C=O) groups is 1. The van der Waals surface area contributed by atoms with Crippen LogP contribution in [0.1, 0.15) is 90.3 Å². The van der Waals surface area contributed by atoms with E-state index in [1.54, 1.807) is 0 Å². The summed E-state index contributed by atoms with van der Waals surface area (Å²) in [5.74, 6) is 1.20.